The van der Waals surface area contributed by atoms with Crippen LogP contribution in [-0.2, 0) is 0 Å². The van der Waals surface area contributed by atoms with Crippen molar-refractivity contribution in [1.82, 2.24) is 15.6 Å². The highest BCUT2D eigenvalue weighted by atomic mass is 16.6. The molecule has 1 aromatic rings. The van der Waals surface area contributed by atoms with Gasteiger partial charge in [0.05, 0.1) is 0 Å². The normalized spacial score (nSPS) is 39.5. The molecule has 3 N–H and O–H groups in total. The molecule has 0 saturated heterocycles. The molecule has 0 aliphatic heterocycles. The van der Waals surface area contributed by atoms with Crippen molar-refractivity contribution in [3.8, 4) is 0 Å². The van der Waals surface area contributed by atoms with Crippen LogP contribution < -0.4 is 11.1 Å². The first kappa shape index (κ1) is 11.3. The van der Waals surface area contributed by atoms with Gasteiger partial charge in [-0.2, -0.15) is 0 Å². The molecule has 0 radical (unpaired) electrons. The lowest BCUT2D eigenvalue weighted by molar-refractivity contribution is -0.0168. The fourth-order valence-corrected chi connectivity index (χ4v) is 4.92. The molecular weight excluding hydrogens is 244 g/mol. The molecule has 102 valence electrons. The molecule has 4 aliphatic rings. The molecule has 6 nitrogen and oxygen atoms in total. The van der Waals surface area contributed by atoms with Crippen molar-refractivity contribution in [2.75, 3.05) is 5.73 Å². The van der Waals surface area contributed by atoms with E-state index in [1.165, 1.54) is 19.3 Å². The first-order valence-electron chi connectivity index (χ1n) is 7.04. The molecule has 0 spiro atoms. The van der Waals surface area contributed by atoms with E-state index in [0.29, 0.717) is 0 Å². The highest BCUT2D eigenvalue weighted by Gasteiger charge is 2.51. The Bertz CT molecular complexity index is 489. The van der Waals surface area contributed by atoms with Gasteiger partial charge in [-0.1, -0.05) is 0 Å². The number of nitrogen functional groups attached to an aromatic ring is 1. The summed E-state index contributed by atoms with van der Waals surface area (Å²) in [6.07, 6.45) is 7.37. The Morgan fingerprint density at radius 3 is 2.21 bits per heavy atom. The number of rotatable bonds is 2. The summed E-state index contributed by atoms with van der Waals surface area (Å²) in [5.74, 6) is 2.21. The van der Waals surface area contributed by atoms with E-state index in [1.54, 1.807) is 0 Å². The van der Waals surface area contributed by atoms with E-state index in [-0.39, 0.29) is 23.0 Å². The van der Waals surface area contributed by atoms with Gasteiger partial charge in [-0.25, -0.2) is 4.63 Å². The number of carbonyl (C=O) groups excluding carboxylic acids is 1. The van der Waals surface area contributed by atoms with Gasteiger partial charge in [0.25, 0.3) is 5.91 Å². The molecule has 0 aromatic carbocycles. The second-order valence-electron chi connectivity index (χ2n) is 6.65. The second-order valence-corrected chi connectivity index (χ2v) is 6.65. The van der Waals surface area contributed by atoms with Gasteiger partial charge in [0.2, 0.25) is 11.5 Å². The Hall–Kier alpha value is -1.59. The number of aromatic nitrogens is 2. The predicted molar refractivity (Wildman–Crippen MR) is 67.1 cm³/mol. The standard InChI is InChI=1S/C13H18N4O2/c14-11-10(16-19-17-11)12(18)15-13-4-7-1-8(5-13)3-9(2-7)6-13/h7-9H,1-6H2,(H2,14,17)(H,15,18). The van der Waals surface area contributed by atoms with Crippen molar-refractivity contribution >= 4 is 11.7 Å². The summed E-state index contributed by atoms with van der Waals surface area (Å²) in [5, 5.41) is 10.2. The van der Waals surface area contributed by atoms with Crippen molar-refractivity contribution in [3.05, 3.63) is 5.69 Å². The third-order valence-corrected chi connectivity index (χ3v) is 5.15. The van der Waals surface area contributed by atoms with Crippen LogP contribution in [0.2, 0.25) is 0 Å². The van der Waals surface area contributed by atoms with Crippen molar-refractivity contribution in [1.29, 1.82) is 0 Å². The minimum Gasteiger partial charge on any atom is -0.379 e. The summed E-state index contributed by atoms with van der Waals surface area (Å²) < 4.78 is 4.50. The molecule has 4 bridgehead atoms. The average Bonchev–Trinajstić information content (AvgIpc) is 2.72. The summed E-state index contributed by atoms with van der Waals surface area (Å²) in [7, 11) is 0. The van der Waals surface area contributed by atoms with E-state index in [1.807, 2.05) is 0 Å². The number of nitrogens with zero attached hydrogens (tertiary/aromatic N) is 2. The lowest BCUT2D eigenvalue weighted by atomic mass is 9.53. The molecule has 6 heteroatoms. The van der Waals surface area contributed by atoms with Gasteiger partial charge in [0.15, 0.2) is 0 Å². The molecule has 4 saturated carbocycles. The third-order valence-electron chi connectivity index (χ3n) is 5.15. The van der Waals surface area contributed by atoms with Gasteiger partial charge < -0.3 is 11.1 Å². The summed E-state index contributed by atoms with van der Waals surface area (Å²) in [6, 6.07) is 0. The van der Waals surface area contributed by atoms with E-state index in [2.05, 4.69) is 20.3 Å². The number of nitrogens with one attached hydrogen (secondary N) is 1. The zero-order chi connectivity index (χ0) is 13.0. The van der Waals surface area contributed by atoms with Crippen LogP contribution in [0.15, 0.2) is 4.63 Å². The topological polar surface area (TPSA) is 94.0 Å². The van der Waals surface area contributed by atoms with Crippen molar-refractivity contribution in [2.24, 2.45) is 17.8 Å². The minimum atomic E-state index is -0.235. The highest BCUT2D eigenvalue weighted by Crippen LogP contribution is 2.55. The fourth-order valence-electron chi connectivity index (χ4n) is 4.92. The van der Waals surface area contributed by atoms with Gasteiger partial charge in [0.1, 0.15) is 0 Å². The summed E-state index contributed by atoms with van der Waals surface area (Å²) in [5.41, 5.74) is 5.67. The zero-order valence-corrected chi connectivity index (χ0v) is 10.8. The highest BCUT2D eigenvalue weighted by molar-refractivity contribution is 5.96. The number of anilines is 1. The molecule has 5 rings (SSSR count). The Labute approximate surface area is 111 Å². The van der Waals surface area contributed by atoms with Crippen LogP contribution in [0.3, 0.4) is 0 Å². The molecule has 4 fully saturated rings. The minimum absolute atomic E-state index is 0.0305. The monoisotopic (exact) mass is 262 g/mol. The van der Waals surface area contributed by atoms with E-state index >= 15 is 0 Å². The van der Waals surface area contributed by atoms with Crippen LogP contribution >= 0.6 is 0 Å². The summed E-state index contributed by atoms with van der Waals surface area (Å²) in [4.78, 5) is 12.3. The molecular formula is C13H18N4O2. The van der Waals surface area contributed by atoms with Crippen LogP contribution in [0, 0.1) is 17.8 Å². The predicted octanol–water partition coefficient (Wildman–Crippen LogP) is 1.35. The lowest BCUT2D eigenvalue weighted by Crippen LogP contribution is -2.59. The van der Waals surface area contributed by atoms with E-state index < -0.39 is 0 Å². The Balaban J connectivity index is 1.56. The number of hydrogen-bond donors (Lipinski definition) is 2. The van der Waals surface area contributed by atoms with Gasteiger partial charge >= 0.3 is 0 Å². The number of nitrogens with two attached hydrogens (primary N) is 1. The third kappa shape index (κ3) is 1.73. The maximum absolute atomic E-state index is 12.3. The van der Waals surface area contributed by atoms with Crippen LogP contribution in [0.25, 0.3) is 0 Å². The van der Waals surface area contributed by atoms with Crippen molar-refractivity contribution < 1.29 is 9.42 Å². The van der Waals surface area contributed by atoms with Crippen LogP contribution in [-0.4, -0.2) is 21.8 Å². The fraction of sp³-hybridized carbons (Fsp3) is 0.769. The molecule has 0 unspecified atom stereocenters. The van der Waals surface area contributed by atoms with E-state index in [0.717, 1.165) is 37.0 Å². The first-order chi connectivity index (χ1) is 9.13. The molecule has 1 heterocycles. The largest absolute Gasteiger partial charge is 0.379 e. The number of hydrogen-bond acceptors (Lipinski definition) is 5. The first-order valence-corrected chi connectivity index (χ1v) is 7.04. The van der Waals surface area contributed by atoms with Crippen molar-refractivity contribution in [2.45, 2.75) is 44.1 Å². The van der Waals surface area contributed by atoms with Gasteiger partial charge in [-0.3, -0.25) is 4.79 Å². The maximum atomic E-state index is 12.3. The lowest BCUT2D eigenvalue weighted by Gasteiger charge is -2.56. The second kappa shape index (κ2) is 3.71. The zero-order valence-electron chi connectivity index (χ0n) is 10.8. The Kier molecular flexibility index (Phi) is 2.20. The summed E-state index contributed by atoms with van der Waals surface area (Å²) in [6.45, 7) is 0. The molecule has 19 heavy (non-hydrogen) atoms. The van der Waals surface area contributed by atoms with Gasteiger partial charge in [0, 0.05) is 5.54 Å². The van der Waals surface area contributed by atoms with Crippen molar-refractivity contribution in [3.63, 3.8) is 0 Å². The van der Waals surface area contributed by atoms with Crippen LogP contribution in [0.1, 0.15) is 49.0 Å². The quantitative estimate of drug-likeness (QED) is 0.839. The SMILES string of the molecule is Nc1nonc1C(=O)NC12CC3CC(CC(C3)C1)C2. The number of amides is 1. The summed E-state index contributed by atoms with van der Waals surface area (Å²) >= 11 is 0. The van der Waals surface area contributed by atoms with E-state index in [4.69, 9.17) is 5.73 Å². The van der Waals surface area contributed by atoms with Gasteiger partial charge in [-0.15, -0.1) is 0 Å². The number of carbonyl (C=O) groups is 1. The van der Waals surface area contributed by atoms with Gasteiger partial charge in [-0.05, 0) is 66.6 Å². The van der Waals surface area contributed by atoms with Crippen LogP contribution in [0.5, 0.6) is 0 Å². The molecule has 1 amide bonds. The average molecular weight is 262 g/mol. The van der Waals surface area contributed by atoms with Crippen LogP contribution in [0.4, 0.5) is 5.82 Å². The molecule has 4 aliphatic carbocycles. The Morgan fingerprint density at radius 1 is 1.16 bits per heavy atom. The molecule has 1 aromatic heterocycles. The smallest absolute Gasteiger partial charge is 0.277 e. The Morgan fingerprint density at radius 2 is 1.74 bits per heavy atom. The molecule has 0 atom stereocenters. The van der Waals surface area contributed by atoms with E-state index in [9.17, 15) is 4.79 Å². The maximum Gasteiger partial charge on any atom is 0.277 e.